The molecule has 0 unspecified atom stereocenters. The van der Waals surface area contributed by atoms with E-state index in [4.69, 9.17) is 0 Å². The van der Waals surface area contributed by atoms with Crippen LogP contribution in [0.25, 0.3) is 0 Å². The zero-order chi connectivity index (χ0) is 23.5. The highest BCUT2D eigenvalue weighted by Gasteiger charge is 2.12. The van der Waals surface area contributed by atoms with Crippen molar-refractivity contribution in [2.24, 2.45) is 0 Å². The molecule has 0 radical (unpaired) electrons. The van der Waals surface area contributed by atoms with E-state index in [0.717, 1.165) is 44.5 Å². The van der Waals surface area contributed by atoms with Gasteiger partial charge in [-0.25, -0.2) is 0 Å². The van der Waals surface area contributed by atoms with Crippen molar-refractivity contribution in [3.8, 4) is 23.0 Å². The number of aryl methyl sites for hydroxylation is 2. The van der Waals surface area contributed by atoms with Crippen molar-refractivity contribution in [3.05, 3.63) is 117 Å². The van der Waals surface area contributed by atoms with Crippen LogP contribution in [-0.2, 0) is 19.3 Å². The second-order valence-corrected chi connectivity index (χ2v) is 8.70. The fraction of sp³-hybridized carbons (Fsp3) is 0.172. The summed E-state index contributed by atoms with van der Waals surface area (Å²) in [6, 6.07) is 22.1. The third-order valence-corrected chi connectivity index (χ3v) is 5.95. The van der Waals surface area contributed by atoms with Gasteiger partial charge in [-0.2, -0.15) is 0 Å². The summed E-state index contributed by atoms with van der Waals surface area (Å²) in [7, 11) is 0. The molecule has 0 heterocycles. The number of rotatable bonds is 6. The minimum Gasteiger partial charge on any atom is -0.508 e. The second kappa shape index (κ2) is 9.29. The Balaban J connectivity index is 1.61. The van der Waals surface area contributed by atoms with E-state index >= 15 is 0 Å². The molecule has 0 aliphatic heterocycles. The smallest absolute Gasteiger partial charge is 0.122 e. The Morgan fingerprint density at radius 3 is 1.18 bits per heavy atom. The molecule has 0 saturated heterocycles. The maximum atomic E-state index is 10.6. The highest BCUT2D eigenvalue weighted by atomic mass is 16.3. The van der Waals surface area contributed by atoms with Gasteiger partial charge in [0, 0.05) is 12.8 Å². The quantitative estimate of drug-likeness (QED) is 0.301. The average Bonchev–Trinajstić information content (AvgIpc) is 2.78. The molecule has 0 amide bonds. The first-order chi connectivity index (χ1) is 15.8. The molecule has 168 valence electrons. The lowest BCUT2D eigenvalue weighted by Gasteiger charge is -2.14. The first kappa shape index (κ1) is 22.3. The zero-order valence-electron chi connectivity index (χ0n) is 18.8. The van der Waals surface area contributed by atoms with Crippen molar-refractivity contribution in [1.29, 1.82) is 0 Å². The normalized spacial score (nSPS) is 11.0. The van der Waals surface area contributed by atoms with Crippen LogP contribution in [0.3, 0.4) is 0 Å². The summed E-state index contributed by atoms with van der Waals surface area (Å²) in [4.78, 5) is 0. The molecule has 0 atom stereocenters. The molecule has 0 aliphatic carbocycles. The third-order valence-electron chi connectivity index (χ3n) is 5.95. The van der Waals surface area contributed by atoms with Crippen molar-refractivity contribution in [2.75, 3.05) is 0 Å². The van der Waals surface area contributed by atoms with E-state index in [1.54, 1.807) is 24.3 Å². The molecule has 0 aliphatic rings. The SMILES string of the molecule is Cc1cc(Cc2cc(C)c(O)c(Cc3ccc(O)cc3)c2)cc(Cc2ccc(O)cc2)c1O. The van der Waals surface area contributed by atoms with Crippen molar-refractivity contribution in [3.63, 3.8) is 0 Å². The van der Waals surface area contributed by atoms with E-state index in [2.05, 4.69) is 0 Å². The molecule has 0 aromatic heterocycles. The number of benzene rings is 4. The summed E-state index contributed by atoms with van der Waals surface area (Å²) in [6.07, 6.45) is 1.82. The molecule has 0 bridgehead atoms. The van der Waals surface area contributed by atoms with E-state index in [1.165, 1.54) is 0 Å². The van der Waals surface area contributed by atoms with E-state index in [9.17, 15) is 20.4 Å². The Morgan fingerprint density at radius 1 is 0.455 bits per heavy atom. The van der Waals surface area contributed by atoms with Crippen molar-refractivity contribution < 1.29 is 20.4 Å². The molecule has 4 heteroatoms. The van der Waals surface area contributed by atoms with Gasteiger partial charge in [0.1, 0.15) is 23.0 Å². The molecule has 33 heavy (non-hydrogen) atoms. The fourth-order valence-corrected chi connectivity index (χ4v) is 4.24. The molecule has 0 spiro atoms. The van der Waals surface area contributed by atoms with Crippen LogP contribution < -0.4 is 0 Å². The molecule has 4 aromatic rings. The van der Waals surface area contributed by atoms with Crippen LogP contribution in [0.4, 0.5) is 0 Å². The van der Waals surface area contributed by atoms with Crippen LogP contribution in [0.15, 0.2) is 72.8 Å². The summed E-state index contributed by atoms with van der Waals surface area (Å²) < 4.78 is 0. The summed E-state index contributed by atoms with van der Waals surface area (Å²) in [6.45, 7) is 3.80. The lowest BCUT2D eigenvalue weighted by atomic mass is 9.93. The van der Waals surface area contributed by atoms with Gasteiger partial charge in [0.15, 0.2) is 0 Å². The number of phenols is 4. The van der Waals surface area contributed by atoms with Crippen LogP contribution >= 0.6 is 0 Å². The molecule has 0 fully saturated rings. The summed E-state index contributed by atoms with van der Waals surface area (Å²) in [5.41, 5.74) is 7.51. The molecule has 4 N–H and O–H groups in total. The number of hydrogen-bond donors (Lipinski definition) is 4. The molecular weight excluding hydrogens is 412 g/mol. The summed E-state index contributed by atoms with van der Waals surface area (Å²) >= 11 is 0. The summed E-state index contributed by atoms with van der Waals surface area (Å²) in [5.74, 6) is 1.03. The maximum Gasteiger partial charge on any atom is 0.122 e. The van der Waals surface area contributed by atoms with E-state index < -0.39 is 0 Å². The van der Waals surface area contributed by atoms with Crippen molar-refractivity contribution >= 4 is 0 Å². The van der Waals surface area contributed by atoms with Crippen molar-refractivity contribution in [2.45, 2.75) is 33.1 Å². The van der Waals surface area contributed by atoms with Crippen LogP contribution in [0.5, 0.6) is 23.0 Å². The zero-order valence-corrected chi connectivity index (χ0v) is 18.8. The molecular formula is C29H28O4. The van der Waals surface area contributed by atoms with Gasteiger partial charge in [-0.3, -0.25) is 0 Å². The minimum atomic E-state index is 0.221. The van der Waals surface area contributed by atoms with Gasteiger partial charge >= 0.3 is 0 Å². The first-order valence-electron chi connectivity index (χ1n) is 11.0. The topological polar surface area (TPSA) is 80.9 Å². The number of aromatic hydroxyl groups is 4. The van der Waals surface area contributed by atoms with Gasteiger partial charge in [-0.05, 0) is 89.0 Å². The Labute approximate surface area is 194 Å². The lowest BCUT2D eigenvalue weighted by molar-refractivity contribution is 0.464. The Kier molecular flexibility index (Phi) is 6.27. The monoisotopic (exact) mass is 440 g/mol. The van der Waals surface area contributed by atoms with Crippen molar-refractivity contribution in [1.82, 2.24) is 0 Å². The molecule has 4 aromatic carbocycles. The van der Waals surface area contributed by atoms with Gasteiger partial charge in [0.25, 0.3) is 0 Å². The minimum absolute atomic E-state index is 0.221. The molecule has 4 rings (SSSR count). The fourth-order valence-electron chi connectivity index (χ4n) is 4.24. The second-order valence-electron chi connectivity index (χ2n) is 8.70. The lowest BCUT2D eigenvalue weighted by Crippen LogP contribution is -1.98. The number of phenolic OH excluding ortho intramolecular Hbond substituents is 4. The highest BCUT2D eigenvalue weighted by molar-refractivity contribution is 5.49. The number of hydrogen-bond acceptors (Lipinski definition) is 4. The third kappa shape index (κ3) is 5.29. The van der Waals surface area contributed by atoms with Crippen LogP contribution in [0.1, 0.15) is 44.5 Å². The van der Waals surface area contributed by atoms with E-state index in [1.807, 2.05) is 62.4 Å². The maximum absolute atomic E-state index is 10.6. The predicted molar refractivity (Wildman–Crippen MR) is 130 cm³/mol. The van der Waals surface area contributed by atoms with Gasteiger partial charge in [0.2, 0.25) is 0 Å². The Hall–Kier alpha value is -3.92. The largest absolute Gasteiger partial charge is 0.508 e. The van der Waals surface area contributed by atoms with E-state index in [0.29, 0.717) is 30.8 Å². The summed E-state index contributed by atoms with van der Waals surface area (Å²) in [5, 5.41) is 40.3. The standard InChI is InChI=1S/C29H28O4/c1-18-11-22(16-24(28(18)32)14-20-3-7-26(30)8-4-20)13-23-12-19(2)29(33)25(17-23)15-21-5-9-27(31)10-6-21/h3-12,16-17,30-33H,13-15H2,1-2H3. The van der Waals surface area contributed by atoms with Gasteiger partial charge < -0.3 is 20.4 Å². The average molecular weight is 441 g/mol. The Morgan fingerprint density at radius 2 is 0.818 bits per heavy atom. The molecule has 4 nitrogen and oxygen atoms in total. The van der Waals surface area contributed by atoms with Gasteiger partial charge in [0.05, 0.1) is 0 Å². The van der Waals surface area contributed by atoms with E-state index in [-0.39, 0.29) is 11.5 Å². The van der Waals surface area contributed by atoms with Crippen LogP contribution in [-0.4, -0.2) is 20.4 Å². The Bertz CT molecular complexity index is 1170. The first-order valence-corrected chi connectivity index (χ1v) is 11.0. The van der Waals surface area contributed by atoms with Crippen LogP contribution in [0, 0.1) is 13.8 Å². The van der Waals surface area contributed by atoms with Crippen LogP contribution in [0.2, 0.25) is 0 Å². The van der Waals surface area contributed by atoms with Gasteiger partial charge in [-0.15, -0.1) is 0 Å². The molecule has 0 saturated carbocycles. The predicted octanol–water partition coefficient (Wildman–Crippen LogP) is 5.90. The highest BCUT2D eigenvalue weighted by Crippen LogP contribution is 2.31. The van der Waals surface area contributed by atoms with Gasteiger partial charge in [-0.1, -0.05) is 48.5 Å².